The highest BCUT2D eigenvalue weighted by Gasteiger charge is 2.44. The van der Waals surface area contributed by atoms with Crippen LogP contribution in [0.4, 0.5) is 5.82 Å². The molecular formula is C7H6N5+. The van der Waals surface area contributed by atoms with Crippen LogP contribution in [0.5, 0.6) is 0 Å². The monoisotopic (exact) mass is 160 g/mol. The van der Waals surface area contributed by atoms with Gasteiger partial charge in [-0.1, -0.05) is 0 Å². The zero-order valence-electron chi connectivity index (χ0n) is 6.15. The molecule has 0 aliphatic carbocycles. The molecule has 5 heteroatoms. The van der Waals surface area contributed by atoms with Gasteiger partial charge in [-0.2, -0.15) is 9.48 Å². The lowest BCUT2D eigenvalue weighted by atomic mass is 10.3. The normalized spacial score (nSPS) is 21.5. The first kappa shape index (κ1) is 5.84. The van der Waals surface area contributed by atoms with E-state index in [1.165, 1.54) is 0 Å². The maximum Gasteiger partial charge on any atom is 0.263 e. The summed E-state index contributed by atoms with van der Waals surface area (Å²) in [5.74, 6) is 1.09. The summed E-state index contributed by atoms with van der Waals surface area (Å²) in [6, 6.07) is 0. The molecule has 2 N–H and O–H groups in total. The molecule has 0 bridgehead atoms. The Labute approximate surface area is 68.2 Å². The summed E-state index contributed by atoms with van der Waals surface area (Å²) in [5.41, 5.74) is 0.711. The molecule has 1 spiro atoms. The highest BCUT2D eigenvalue weighted by atomic mass is 15.5. The third kappa shape index (κ3) is 0.507. The van der Waals surface area contributed by atoms with Gasteiger partial charge in [-0.3, -0.25) is 0 Å². The van der Waals surface area contributed by atoms with Gasteiger partial charge in [-0.25, -0.2) is 10.4 Å². The van der Waals surface area contributed by atoms with Crippen molar-refractivity contribution in [3.63, 3.8) is 0 Å². The van der Waals surface area contributed by atoms with Gasteiger partial charge >= 0.3 is 0 Å². The van der Waals surface area contributed by atoms with Gasteiger partial charge in [0.15, 0.2) is 23.9 Å². The molecule has 0 saturated heterocycles. The number of amidine groups is 1. The van der Waals surface area contributed by atoms with Gasteiger partial charge in [0.05, 0.1) is 6.33 Å². The molecule has 2 aliphatic rings. The average Bonchev–Trinajstić information content (AvgIpc) is 2.69. The fraction of sp³-hybridized carbons (Fsp3) is 0. The molecule has 3 rings (SSSR count). The summed E-state index contributed by atoms with van der Waals surface area (Å²) in [5, 5.41) is 7.80. The Balaban J connectivity index is 2.22. The fourth-order valence-electron chi connectivity index (χ4n) is 1.26. The van der Waals surface area contributed by atoms with E-state index in [1.54, 1.807) is 12.7 Å². The molecule has 0 aromatic carbocycles. The second-order valence-corrected chi connectivity index (χ2v) is 2.83. The summed E-state index contributed by atoms with van der Waals surface area (Å²) in [4.78, 5) is 11.0. The van der Waals surface area contributed by atoms with Crippen molar-refractivity contribution in [2.45, 2.75) is 0 Å². The van der Waals surface area contributed by atoms with Crippen LogP contribution in [0.25, 0.3) is 0 Å². The number of nitrogens with zero attached hydrogens (tertiary/aromatic N) is 3. The fourth-order valence-corrected chi connectivity index (χ4v) is 1.26. The van der Waals surface area contributed by atoms with Crippen molar-refractivity contribution in [3.05, 3.63) is 24.4 Å². The van der Waals surface area contributed by atoms with E-state index in [0.29, 0.717) is 21.8 Å². The van der Waals surface area contributed by atoms with Crippen LogP contribution in [-0.4, -0.2) is 26.6 Å². The van der Waals surface area contributed by atoms with Crippen LogP contribution >= 0.6 is 0 Å². The third-order valence-electron chi connectivity index (χ3n) is 2.08. The molecule has 1 aromatic heterocycles. The van der Waals surface area contributed by atoms with Crippen LogP contribution in [0.15, 0.2) is 23.7 Å². The molecule has 0 unspecified atom stereocenters. The summed E-state index contributed by atoms with van der Waals surface area (Å²) >= 11 is 0. The predicted molar refractivity (Wildman–Crippen MR) is 43.0 cm³/mol. The van der Waals surface area contributed by atoms with Crippen molar-refractivity contribution in [1.82, 2.24) is 9.97 Å². The molecule has 0 amide bonds. The van der Waals surface area contributed by atoms with Gasteiger partial charge in [-0.15, -0.1) is 0 Å². The number of aliphatic imine (C=N–C) groups is 1. The minimum Gasteiger partial charge on any atom is -0.337 e. The number of fused-ring (bicyclic) bond motifs is 1. The highest BCUT2D eigenvalue weighted by Crippen LogP contribution is 2.31. The lowest BCUT2D eigenvalue weighted by molar-refractivity contribution is -0.544. The van der Waals surface area contributed by atoms with Crippen molar-refractivity contribution < 1.29 is 4.48 Å². The van der Waals surface area contributed by atoms with Crippen LogP contribution < -0.4 is 0 Å². The van der Waals surface area contributed by atoms with Gasteiger partial charge in [0.2, 0.25) is 6.34 Å². The smallest absolute Gasteiger partial charge is 0.263 e. The van der Waals surface area contributed by atoms with Crippen LogP contribution in [0.3, 0.4) is 0 Å². The first-order valence-corrected chi connectivity index (χ1v) is 3.58. The van der Waals surface area contributed by atoms with Crippen molar-refractivity contribution in [2.75, 3.05) is 0 Å². The van der Waals surface area contributed by atoms with E-state index in [4.69, 9.17) is 5.41 Å². The first-order valence-electron chi connectivity index (χ1n) is 3.58. The second kappa shape index (κ2) is 1.54. The lowest BCUT2D eigenvalue weighted by Crippen LogP contribution is -2.34. The Kier molecular flexibility index (Phi) is 0.748. The van der Waals surface area contributed by atoms with Gasteiger partial charge in [0.1, 0.15) is 0 Å². The maximum absolute atomic E-state index is 7.80. The zero-order valence-corrected chi connectivity index (χ0v) is 6.15. The maximum atomic E-state index is 7.80. The molecule has 0 atom stereocenters. The summed E-state index contributed by atoms with van der Waals surface area (Å²) in [6.45, 7) is 0. The van der Waals surface area contributed by atoms with Gasteiger partial charge < -0.3 is 4.98 Å². The standard InChI is InChI=1S/C7H6N5/c8-6-5-7(10-3-9-5)11-4-12(6)1-2-12/h1-4,8H,(H,9,10)/q+1. The zero-order chi connectivity index (χ0) is 8.18. The Morgan fingerprint density at radius 2 is 2.25 bits per heavy atom. The van der Waals surface area contributed by atoms with Crippen LogP contribution in [0.2, 0.25) is 0 Å². The minimum atomic E-state index is 0.356. The highest BCUT2D eigenvalue weighted by molar-refractivity contribution is 6.01. The van der Waals surface area contributed by atoms with Crippen LogP contribution in [0, 0.1) is 5.41 Å². The predicted octanol–water partition coefficient (Wildman–Crippen LogP) is 0.710. The summed E-state index contributed by atoms with van der Waals surface area (Å²) in [7, 11) is 0. The van der Waals surface area contributed by atoms with E-state index in [0.717, 1.165) is 0 Å². The number of aromatic amines is 1. The molecule has 1 aromatic rings. The summed E-state index contributed by atoms with van der Waals surface area (Å²) in [6.07, 6.45) is 7.05. The van der Waals surface area contributed by atoms with Crippen molar-refractivity contribution in [3.8, 4) is 0 Å². The number of quaternary nitrogens is 1. The largest absolute Gasteiger partial charge is 0.337 e. The Hall–Kier alpha value is -1.75. The minimum absolute atomic E-state index is 0.356. The van der Waals surface area contributed by atoms with Crippen molar-refractivity contribution in [1.29, 1.82) is 5.41 Å². The van der Waals surface area contributed by atoms with E-state index in [9.17, 15) is 0 Å². The number of H-pyrrole nitrogens is 1. The Morgan fingerprint density at radius 3 is 3.00 bits per heavy atom. The van der Waals surface area contributed by atoms with Crippen LogP contribution in [0.1, 0.15) is 5.69 Å². The van der Waals surface area contributed by atoms with E-state index < -0.39 is 0 Å². The number of rotatable bonds is 0. The van der Waals surface area contributed by atoms with E-state index in [1.807, 2.05) is 12.4 Å². The summed E-state index contributed by atoms with van der Waals surface area (Å²) < 4.78 is 0.356. The van der Waals surface area contributed by atoms with Crippen molar-refractivity contribution in [2.24, 2.45) is 4.99 Å². The molecule has 0 fully saturated rings. The van der Waals surface area contributed by atoms with Gasteiger partial charge in [0, 0.05) is 0 Å². The molecule has 12 heavy (non-hydrogen) atoms. The number of aromatic nitrogens is 2. The van der Waals surface area contributed by atoms with Crippen LogP contribution in [-0.2, 0) is 0 Å². The molecule has 5 nitrogen and oxygen atoms in total. The molecule has 0 radical (unpaired) electrons. The lowest BCUT2D eigenvalue weighted by Gasteiger charge is -2.13. The molecule has 58 valence electrons. The molecule has 0 saturated carbocycles. The Bertz CT molecular complexity index is 419. The topological polar surface area (TPSA) is 64.9 Å². The Morgan fingerprint density at radius 1 is 1.42 bits per heavy atom. The van der Waals surface area contributed by atoms with E-state index in [-0.39, 0.29) is 0 Å². The van der Waals surface area contributed by atoms with E-state index >= 15 is 0 Å². The number of hydrogen-bond acceptors (Lipinski definition) is 3. The molecular weight excluding hydrogens is 154 g/mol. The number of nitrogens with one attached hydrogen (secondary N) is 2. The van der Waals surface area contributed by atoms with E-state index in [2.05, 4.69) is 15.0 Å². The molecule has 3 heterocycles. The molecule has 2 aliphatic heterocycles. The third-order valence-corrected chi connectivity index (χ3v) is 2.08. The van der Waals surface area contributed by atoms with Gasteiger partial charge in [0.25, 0.3) is 5.84 Å². The SMILES string of the molecule is N=C1c2[nH]cnc2N=C[N+]12C=C2. The quantitative estimate of drug-likeness (QED) is 0.539. The number of imidazole rings is 1. The average molecular weight is 160 g/mol. The second-order valence-electron chi connectivity index (χ2n) is 2.83. The van der Waals surface area contributed by atoms with Crippen molar-refractivity contribution >= 4 is 18.0 Å². The number of hydrogen-bond donors (Lipinski definition) is 2. The van der Waals surface area contributed by atoms with Gasteiger partial charge in [-0.05, 0) is 0 Å². The first-order chi connectivity index (χ1) is 5.82.